The largest absolute Gasteiger partial charge is 0.493 e. The molecule has 24 heavy (non-hydrogen) atoms. The highest BCUT2D eigenvalue weighted by Crippen LogP contribution is 2.28. The quantitative estimate of drug-likeness (QED) is 0.921. The average Bonchev–Trinajstić information content (AvgIpc) is 3.26. The van der Waals surface area contributed by atoms with Crippen LogP contribution in [0, 0.1) is 0 Å². The van der Waals surface area contributed by atoms with Gasteiger partial charge in [-0.15, -0.1) is 0 Å². The zero-order chi connectivity index (χ0) is 16.6. The highest BCUT2D eigenvalue weighted by Gasteiger charge is 2.20. The van der Waals surface area contributed by atoms with Crippen molar-refractivity contribution in [2.75, 3.05) is 29.3 Å². The highest BCUT2D eigenvalue weighted by atomic mass is 32.2. The first-order valence-corrected chi connectivity index (χ1v) is 9.60. The molecule has 1 aromatic carbocycles. The van der Waals surface area contributed by atoms with Crippen LogP contribution in [-0.4, -0.2) is 33.1 Å². The van der Waals surface area contributed by atoms with Crippen LogP contribution in [0.4, 0.5) is 11.5 Å². The number of ether oxygens (including phenoxy) is 1. The molecule has 0 atom stereocenters. The van der Waals surface area contributed by atoms with E-state index in [1.807, 2.05) is 6.07 Å². The minimum Gasteiger partial charge on any atom is -0.493 e. The number of hydrogen-bond donors (Lipinski definition) is 1. The standard InChI is InChI=1S/C17H19N3O3S/c21-24(22,15-4-5-16-13(11-15)7-10-23-16)19-14-3-6-17(18-12-14)20-8-1-2-9-20/h3-6,11-12,19H,1-2,7-10H2. The monoisotopic (exact) mass is 345 g/mol. The number of anilines is 2. The van der Waals surface area contributed by atoms with E-state index in [0.717, 1.165) is 36.6 Å². The third kappa shape index (κ3) is 2.91. The van der Waals surface area contributed by atoms with Gasteiger partial charge in [0.15, 0.2) is 0 Å². The molecule has 0 bridgehead atoms. The van der Waals surface area contributed by atoms with Gasteiger partial charge in [-0.1, -0.05) is 0 Å². The van der Waals surface area contributed by atoms with Gasteiger partial charge in [0.2, 0.25) is 0 Å². The summed E-state index contributed by atoms with van der Waals surface area (Å²) in [5.41, 5.74) is 1.40. The van der Waals surface area contributed by atoms with E-state index in [2.05, 4.69) is 14.6 Å². The zero-order valence-electron chi connectivity index (χ0n) is 13.2. The Balaban J connectivity index is 1.53. The Kier molecular flexibility index (Phi) is 3.80. The Bertz CT molecular complexity index is 844. The first kappa shape index (κ1) is 15.3. The molecule has 0 radical (unpaired) electrons. The molecule has 126 valence electrons. The van der Waals surface area contributed by atoms with Gasteiger partial charge in [0.05, 0.1) is 23.4 Å². The van der Waals surface area contributed by atoms with Crippen molar-refractivity contribution in [3.8, 4) is 5.75 Å². The Morgan fingerprint density at radius 1 is 1.12 bits per heavy atom. The molecule has 0 aliphatic carbocycles. The number of rotatable bonds is 4. The first-order chi connectivity index (χ1) is 11.6. The van der Waals surface area contributed by atoms with Crippen molar-refractivity contribution >= 4 is 21.5 Å². The molecular weight excluding hydrogens is 326 g/mol. The van der Waals surface area contributed by atoms with E-state index in [1.54, 1.807) is 30.5 Å². The van der Waals surface area contributed by atoms with Crippen LogP contribution in [-0.2, 0) is 16.4 Å². The number of nitrogens with one attached hydrogen (secondary N) is 1. The van der Waals surface area contributed by atoms with Gasteiger partial charge < -0.3 is 9.64 Å². The summed E-state index contributed by atoms with van der Waals surface area (Å²) in [7, 11) is -3.63. The summed E-state index contributed by atoms with van der Waals surface area (Å²) in [5.74, 6) is 1.66. The van der Waals surface area contributed by atoms with Crippen molar-refractivity contribution in [3.05, 3.63) is 42.1 Å². The van der Waals surface area contributed by atoms with Crippen LogP contribution in [0.15, 0.2) is 41.4 Å². The van der Waals surface area contributed by atoms with E-state index < -0.39 is 10.0 Å². The molecular formula is C17H19N3O3S. The lowest BCUT2D eigenvalue weighted by Gasteiger charge is -2.16. The smallest absolute Gasteiger partial charge is 0.261 e. The van der Waals surface area contributed by atoms with Crippen LogP contribution in [0.25, 0.3) is 0 Å². The van der Waals surface area contributed by atoms with Gasteiger partial charge in [-0.05, 0) is 48.7 Å². The lowest BCUT2D eigenvalue weighted by Crippen LogP contribution is -2.19. The molecule has 2 aliphatic rings. The number of sulfonamides is 1. The van der Waals surface area contributed by atoms with Gasteiger partial charge in [0.1, 0.15) is 11.6 Å². The predicted octanol–water partition coefficient (Wildman–Crippen LogP) is 2.42. The predicted molar refractivity (Wildman–Crippen MR) is 92.1 cm³/mol. The van der Waals surface area contributed by atoms with Gasteiger partial charge in [-0.2, -0.15) is 0 Å². The maximum absolute atomic E-state index is 12.6. The second-order valence-electron chi connectivity index (χ2n) is 6.07. The highest BCUT2D eigenvalue weighted by molar-refractivity contribution is 7.92. The van der Waals surface area contributed by atoms with Crippen molar-refractivity contribution in [3.63, 3.8) is 0 Å². The molecule has 0 unspecified atom stereocenters. The number of nitrogens with zero attached hydrogens (tertiary/aromatic N) is 2. The number of hydrogen-bond acceptors (Lipinski definition) is 5. The minimum absolute atomic E-state index is 0.246. The van der Waals surface area contributed by atoms with Crippen LogP contribution in [0.1, 0.15) is 18.4 Å². The van der Waals surface area contributed by atoms with Crippen molar-refractivity contribution in [2.45, 2.75) is 24.2 Å². The van der Waals surface area contributed by atoms with Crippen molar-refractivity contribution in [1.29, 1.82) is 0 Å². The van der Waals surface area contributed by atoms with Crippen molar-refractivity contribution in [2.24, 2.45) is 0 Å². The summed E-state index contributed by atoms with van der Waals surface area (Å²) in [6, 6.07) is 8.58. The SMILES string of the molecule is O=S(=O)(Nc1ccc(N2CCCC2)nc1)c1ccc2c(c1)CCO2. The summed E-state index contributed by atoms with van der Waals surface area (Å²) in [6.07, 6.45) is 4.67. The summed E-state index contributed by atoms with van der Waals surface area (Å²) in [6.45, 7) is 2.62. The number of aromatic nitrogens is 1. The number of benzene rings is 1. The third-order valence-corrected chi connectivity index (χ3v) is 5.78. The van der Waals surface area contributed by atoms with Gasteiger partial charge >= 0.3 is 0 Å². The molecule has 6 nitrogen and oxygen atoms in total. The Morgan fingerprint density at radius 2 is 1.96 bits per heavy atom. The molecule has 4 rings (SSSR count). The van der Waals surface area contributed by atoms with Crippen molar-refractivity contribution in [1.82, 2.24) is 4.98 Å². The fourth-order valence-corrected chi connectivity index (χ4v) is 4.22. The normalized spacial score (nSPS) is 16.8. The van der Waals surface area contributed by atoms with Gasteiger partial charge in [0, 0.05) is 19.5 Å². The fourth-order valence-electron chi connectivity index (χ4n) is 3.12. The van der Waals surface area contributed by atoms with Crippen LogP contribution in [0.5, 0.6) is 5.75 Å². The molecule has 0 spiro atoms. The summed E-state index contributed by atoms with van der Waals surface area (Å²) >= 11 is 0. The third-order valence-electron chi connectivity index (χ3n) is 4.40. The molecule has 2 aliphatic heterocycles. The molecule has 1 saturated heterocycles. The Labute approximate surface area is 141 Å². The molecule has 7 heteroatoms. The Morgan fingerprint density at radius 3 is 2.71 bits per heavy atom. The average molecular weight is 345 g/mol. The Hall–Kier alpha value is -2.28. The topological polar surface area (TPSA) is 71.5 Å². The van der Waals surface area contributed by atoms with E-state index in [9.17, 15) is 8.42 Å². The van der Waals surface area contributed by atoms with Gasteiger partial charge in [0.25, 0.3) is 10.0 Å². The molecule has 2 aromatic rings. The second kappa shape index (κ2) is 5.98. The van der Waals surface area contributed by atoms with Crippen LogP contribution >= 0.6 is 0 Å². The number of fused-ring (bicyclic) bond motifs is 1. The first-order valence-electron chi connectivity index (χ1n) is 8.11. The lowest BCUT2D eigenvalue weighted by molar-refractivity contribution is 0.356. The maximum Gasteiger partial charge on any atom is 0.261 e. The minimum atomic E-state index is -3.63. The van der Waals surface area contributed by atoms with Gasteiger partial charge in [-0.3, -0.25) is 4.72 Å². The van der Waals surface area contributed by atoms with E-state index in [-0.39, 0.29) is 4.90 Å². The molecule has 0 saturated carbocycles. The van der Waals surface area contributed by atoms with E-state index in [1.165, 1.54) is 12.8 Å². The summed E-state index contributed by atoms with van der Waals surface area (Å²) in [4.78, 5) is 6.83. The summed E-state index contributed by atoms with van der Waals surface area (Å²) < 4.78 is 33.1. The van der Waals surface area contributed by atoms with Crippen LogP contribution in [0.3, 0.4) is 0 Å². The zero-order valence-corrected chi connectivity index (χ0v) is 14.1. The van der Waals surface area contributed by atoms with Crippen molar-refractivity contribution < 1.29 is 13.2 Å². The van der Waals surface area contributed by atoms with E-state index in [0.29, 0.717) is 12.3 Å². The molecule has 0 amide bonds. The fraction of sp³-hybridized carbons (Fsp3) is 0.353. The van der Waals surface area contributed by atoms with Crippen LogP contribution in [0.2, 0.25) is 0 Å². The molecule has 1 N–H and O–H groups in total. The van der Waals surface area contributed by atoms with Gasteiger partial charge in [-0.25, -0.2) is 13.4 Å². The van der Waals surface area contributed by atoms with E-state index >= 15 is 0 Å². The maximum atomic E-state index is 12.6. The second-order valence-corrected chi connectivity index (χ2v) is 7.76. The van der Waals surface area contributed by atoms with Crippen LogP contribution < -0.4 is 14.4 Å². The summed E-state index contributed by atoms with van der Waals surface area (Å²) in [5, 5.41) is 0. The lowest BCUT2D eigenvalue weighted by atomic mass is 10.2. The van der Waals surface area contributed by atoms with E-state index in [4.69, 9.17) is 4.74 Å². The molecule has 3 heterocycles. The number of pyridine rings is 1. The molecule has 1 fully saturated rings. The molecule has 1 aromatic heterocycles.